The molecule has 164 valence electrons. The molecule has 0 bridgehead atoms. The summed E-state index contributed by atoms with van der Waals surface area (Å²) in [7, 11) is 0. The normalized spacial score (nSPS) is 15.4. The van der Waals surface area contributed by atoms with Crippen molar-refractivity contribution in [1.29, 1.82) is 0 Å². The Balaban J connectivity index is 1.43. The number of nitrogens with zero attached hydrogens (tertiary/aromatic N) is 4. The molecule has 5 rings (SSSR count). The van der Waals surface area contributed by atoms with Crippen molar-refractivity contribution in [3.63, 3.8) is 0 Å². The van der Waals surface area contributed by atoms with E-state index in [1.807, 2.05) is 48.5 Å². The van der Waals surface area contributed by atoms with E-state index in [9.17, 15) is 9.18 Å². The summed E-state index contributed by atoms with van der Waals surface area (Å²) < 4.78 is 13.6. The monoisotopic (exact) mass is 439 g/mol. The molecule has 1 aliphatic heterocycles. The number of pyridine rings is 1. The maximum Gasteiger partial charge on any atom is 0.253 e. The maximum absolute atomic E-state index is 13.6. The highest BCUT2D eigenvalue weighted by molar-refractivity contribution is 5.94. The van der Waals surface area contributed by atoms with Crippen molar-refractivity contribution >= 4 is 17.4 Å². The second-order valence-corrected chi connectivity index (χ2v) is 7.98. The number of anilines is 2. The third-order valence-electron chi connectivity index (χ3n) is 5.66. The van der Waals surface area contributed by atoms with E-state index in [0.717, 1.165) is 23.4 Å². The van der Waals surface area contributed by atoms with Crippen LogP contribution in [0.4, 0.5) is 15.9 Å². The molecule has 1 atom stereocenters. The molecule has 0 saturated carbocycles. The Morgan fingerprint density at radius 1 is 1.00 bits per heavy atom. The Bertz CT molecular complexity index is 1270. The Kier molecular flexibility index (Phi) is 5.76. The first kappa shape index (κ1) is 20.8. The molecule has 1 saturated heterocycles. The van der Waals surface area contributed by atoms with Crippen LogP contribution in [0.3, 0.4) is 0 Å². The van der Waals surface area contributed by atoms with Gasteiger partial charge in [-0.05, 0) is 48.9 Å². The second kappa shape index (κ2) is 9.16. The van der Waals surface area contributed by atoms with Crippen molar-refractivity contribution < 1.29 is 9.18 Å². The minimum atomic E-state index is -0.416. The van der Waals surface area contributed by atoms with Crippen LogP contribution in [0.2, 0.25) is 0 Å². The molecule has 3 heterocycles. The van der Waals surface area contributed by atoms with Gasteiger partial charge in [0.05, 0.1) is 5.69 Å². The summed E-state index contributed by atoms with van der Waals surface area (Å²) in [4.78, 5) is 28.4. The fourth-order valence-corrected chi connectivity index (χ4v) is 4.00. The molecule has 0 aliphatic carbocycles. The van der Waals surface area contributed by atoms with Crippen molar-refractivity contribution in [2.75, 3.05) is 18.4 Å². The Labute approximate surface area is 191 Å². The number of carbonyl (C=O) groups excluding carboxylic acids is 1. The first-order chi connectivity index (χ1) is 16.2. The lowest BCUT2D eigenvalue weighted by molar-refractivity contribution is 0.0790. The number of halogens is 1. The average Bonchev–Trinajstić information content (AvgIpc) is 3.35. The molecule has 2 aromatic heterocycles. The molecule has 1 amide bonds. The maximum atomic E-state index is 13.6. The molecular weight excluding hydrogens is 417 g/mol. The summed E-state index contributed by atoms with van der Waals surface area (Å²) in [6.07, 6.45) is 4.23. The van der Waals surface area contributed by atoms with Crippen LogP contribution in [0.25, 0.3) is 11.3 Å². The summed E-state index contributed by atoms with van der Waals surface area (Å²) in [5.74, 6) is 0.739. The van der Waals surface area contributed by atoms with Gasteiger partial charge in [0.25, 0.3) is 5.91 Å². The molecule has 0 radical (unpaired) electrons. The Morgan fingerprint density at radius 2 is 1.88 bits per heavy atom. The molecule has 33 heavy (non-hydrogen) atoms. The van der Waals surface area contributed by atoms with Gasteiger partial charge < -0.3 is 10.2 Å². The van der Waals surface area contributed by atoms with Gasteiger partial charge in [-0.15, -0.1) is 0 Å². The third kappa shape index (κ3) is 4.72. The largest absolute Gasteiger partial charge is 0.340 e. The number of hydrogen-bond donors (Lipinski definition) is 1. The van der Waals surface area contributed by atoms with E-state index in [0.29, 0.717) is 30.3 Å². The Hall–Kier alpha value is -4.13. The fourth-order valence-electron chi connectivity index (χ4n) is 4.00. The van der Waals surface area contributed by atoms with E-state index in [2.05, 4.69) is 10.3 Å². The number of carbonyl (C=O) groups is 1. The number of nitrogens with one attached hydrogen (secondary N) is 1. The smallest absolute Gasteiger partial charge is 0.253 e. The number of amides is 1. The van der Waals surface area contributed by atoms with Crippen molar-refractivity contribution in [2.45, 2.75) is 12.3 Å². The number of rotatable bonds is 5. The summed E-state index contributed by atoms with van der Waals surface area (Å²) in [6, 6.07) is 21.4. The first-order valence-corrected chi connectivity index (χ1v) is 10.8. The molecule has 6 nitrogen and oxygen atoms in total. The lowest BCUT2D eigenvalue weighted by Gasteiger charge is -2.17. The molecule has 4 aromatic rings. The van der Waals surface area contributed by atoms with Gasteiger partial charge >= 0.3 is 0 Å². The van der Waals surface area contributed by atoms with Crippen LogP contribution >= 0.6 is 0 Å². The van der Waals surface area contributed by atoms with E-state index >= 15 is 0 Å². The zero-order valence-electron chi connectivity index (χ0n) is 17.9. The molecule has 1 fully saturated rings. The van der Waals surface area contributed by atoms with Crippen LogP contribution in [0.5, 0.6) is 0 Å². The molecule has 7 heteroatoms. The van der Waals surface area contributed by atoms with Gasteiger partial charge in [0.2, 0.25) is 0 Å². The molecule has 0 spiro atoms. The van der Waals surface area contributed by atoms with E-state index in [1.54, 1.807) is 29.4 Å². The summed E-state index contributed by atoms with van der Waals surface area (Å²) in [6.45, 7) is 1.05. The van der Waals surface area contributed by atoms with E-state index in [1.165, 1.54) is 12.1 Å². The van der Waals surface area contributed by atoms with E-state index in [4.69, 9.17) is 9.97 Å². The fraction of sp³-hybridized carbons (Fsp3) is 0.154. The van der Waals surface area contributed by atoms with Crippen LogP contribution in [0, 0.1) is 5.82 Å². The van der Waals surface area contributed by atoms with Crippen molar-refractivity contribution in [3.8, 4) is 11.3 Å². The van der Waals surface area contributed by atoms with Crippen LogP contribution in [0.1, 0.15) is 28.5 Å². The lowest BCUT2D eigenvalue weighted by atomic mass is 10.1. The number of likely N-dealkylation sites (tertiary alicyclic amines) is 1. The summed E-state index contributed by atoms with van der Waals surface area (Å²) >= 11 is 0. The predicted molar refractivity (Wildman–Crippen MR) is 125 cm³/mol. The second-order valence-electron chi connectivity index (χ2n) is 7.98. The van der Waals surface area contributed by atoms with Crippen LogP contribution in [-0.2, 0) is 0 Å². The first-order valence-electron chi connectivity index (χ1n) is 10.8. The van der Waals surface area contributed by atoms with Gasteiger partial charge in [0.1, 0.15) is 17.5 Å². The highest BCUT2D eigenvalue weighted by atomic mass is 19.1. The van der Waals surface area contributed by atoms with Crippen molar-refractivity contribution in [3.05, 3.63) is 102 Å². The SMILES string of the molecule is O=C(c1cccc(F)c1)N1CC[C@@H](c2nc(Nc3ccccc3)cc(-c3cccnc3)n2)C1. The van der Waals surface area contributed by atoms with E-state index < -0.39 is 5.82 Å². The standard InChI is InChI=1S/C26H22FN5O/c27-21-8-4-6-18(14-21)26(33)32-13-11-20(17-32)25-30-23(19-7-5-12-28-16-19)15-24(31-25)29-22-9-2-1-3-10-22/h1-10,12,14-16,20H,11,13,17H2,(H,29,30,31)/t20-/m1/s1. The Morgan fingerprint density at radius 3 is 2.67 bits per heavy atom. The molecule has 1 N–H and O–H groups in total. The van der Waals surface area contributed by atoms with Gasteiger partial charge in [-0.3, -0.25) is 9.78 Å². The minimum Gasteiger partial charge on any atom is -0.340 e. The van der Waals surface area contributed by atoms with E-state index in [-0.39, 0.29) is 11.8 Å². The van der Waals surface area contributed by atoms with Crippen LogP contribution in [0.15, 0.2) is 85.2 Å². The van der Waals surface area contributed by atoms with Gasteiger partial charge in [-0.1, -0.05) is 24.3 Å². The minimum absolute atomic E-state index is 0.0181. The average molecular weight is 439 g/mol. The van der Waals surface area contributed by atoms with Gasteiger partial charge in [-0.2, -0.15) is 0 Å². The zero-order valence-corrected chi connectivity index (χ0v) is 17.9. The summed E-state index contributed by atoms with van der Waals surface area (Å²) in [5.41, 5.74) is 2.94. The summed E-state index contributed by atoms with van der Waals surface area (Å²) in [5, 5.41) is 3.35. The zero-order chi connectivity index (χ0) is 22.6. The topological polar surface area (TPSA) is 71.0 Å². The van der Waals surface area contributed by atoms with Gasteiger partial charge in [-0.25, -0.2) is 14.4 Å². The predicted octanol–water partition coefficient (Wildman–Crippen LogP) is 5.05. The molecular formula is C26H22FN5O. The highest BCUT2D eigenvalue weighted by Crippen LogP contribution is 2.30. The third-order valence-corrected chi connectivity index (χ3v) is 5.66. The number of para-hydroxylation sites is 1. The molecule has 1 aliphatic rings. The number of aromatic nitrogens is 3. The van der Waals surface area contributed by atoms with Gasteiger partial charge in [0.15, 0.2) is 0 Å². The number of benzene rings is 2. The van der Waals surface area contributed by atoms with Crippen molar-refractivity contribution in [1.82, 2.24) is 19.9 Å². The quantitative estimate of drug-likeness (QED) is 0.471. The van der Waals surface area contributed by atoms with Crippen molar-refractivity contribution in [2.24, 2.45) is 0 Å². The highest BCUT2D eigenvalue weighted by Gasteiger charge is 2.30. The van der Waals surface area contributed by atoms with Gasteiger partial charge in [0, 0.05) is 54.3 Å². The van der Waals surface area contributed by atoms with Crippen LogP contribution in [-0.4, -0.2) is 38.8 Å². The molecule has 0 unspecified atom stereocenters. The number of hydrogen-bond acceptors (Lipinski definition) is 5. The molecule has 2 aromatic carbocycles. The van der Waals surface area contributed by atoms with Crippen LogP contribution < -0.4 is 5.32 Å². The lowest BCUT2D eigenvalue weighted by Crippen LogP contribution is -2.28.